The number of nitrogens with two attached hydrogens (primary N) is 1. The Morgan fingerprint density at radius 1 is 1.26 bits per heavy atom. The minimum Gasteiger partial charge on any atom is -0.468 e. The van der Waals surface area contributed by atoms with Crippen LogP contribution in [0.15, 0.2) is 45.9 Å². The second kappa shape index (κ2) is 6.31. The van der Waals surface area contributed by atoms with Gasteiger partial charge in [0.1, 0.15) is 5.76 Å². The van der Waals surface area contributed by atoms with E-state index in [2.05, 4.69) is 39.0 Å². The number of thioether (sulfide) groups is 1. The van der Waals surface area contributed by atoms with Crippen molar-refractivity contribution in [1.29, 1.82) is 0 Å². The average Bonchev–Trinajstić information content (AvgIpc) is 2.91. The average molecular weight is 275 g/mol. The Labute approximate surface area is 119 Å². The van der Waals surface area contributed by atoms with E-state index in [0.717, 1.165) is 12.2 Å². The second-order valence-electron chi connectivity index (χ2n) is 4.89. The van der Waals surface area contributed by atoms with E-state index in [1.54, 1.807) is 18.0 Å². The van der Waals surface area contributed by atoms with Crippen molar-refractivity contribution in [3.63, 3.8) is 0 Å². The summed E-state index contributed by atoms with van der Waals surface area (Å²) in [5.74, 6) is 0.958. The third kappa shape index (κ3) is 3.43. The summed E-state index contributed by atoms with van der Waals surface area (Å²) in [6, 6.07) is 10.6. The zero-order chi connectivity index (χ0) is 13.8. The predicted octanol–water partition coefficient (Wildman–Crippen LogP) is 4.47. The molecule has 102 valence electrons. The summed E-state index contributed by atoms with van der Waals surface area (Å²) in [5, 5.41) is 0.168. The Hall–Kier alpha value is -1.19. The van der Waals surface area contributed by atoms with E-state index in [-0.39, 0.29) is 11.3 Å². The highest BCUT2D eigenvalue weighted by molar-refractivity contribution is 7.99. The normalized spacial score (nSPS) is 14.3. The maximum absolute atomic E-state index is 6.26. The van der Waals surface area contributed by atoms with Crippen molar-refractivity contribution in [2.45, 2.75) is 43.4 Å². The van der Waals surface area contributed by atoms with E-state index in [4.69, 9.17) is 10.2 Å². The van der Waals surface area contributed by atoms with E-state index >= 15 is 0 Å². The molecule has 0 bridgehead atoms. The highest BCUT2D eigenvalue weighted by Crippen LogP contribution is 2.39. The van der Waals surface area contributed by atoms with Crippen molar-refractivity contribution in [1.82, 2.24) is 0 Å². The molecule has 2 aromatic rings. The van der Waals surface area contributed by atoms with Gasteiger partial charge in [0.05, 0.1) is 11.5 Å². The second-order valence-corrected chi connectivity index (χ2v) is 6.08. The maximum Gasteiger partial charge on any atom is 0.118 e. The van der Waals surface area contributed by atoms with Crippen LogP contribution in [0.5, 0.6) is 0 Å². The van der Waals surface area contributed by atoms with Crippen LogP contribution < -0.4 is 5.73 Å². The van der Waals surface area contributed by atoms with Gasteiger partial charge in [0.2, 0.25) is 0 Å². The molecule has 0 saturated carbocycles. The van der Waals surface area contributed by atoms with Gasteiger partial charge in [-0.05, 0) is 44.0 Å². The molecule has 0 spiro atoms. The standard InChI is InChI=1S/C16H21NOS/c1-4-13(17)16(14-6-5-9-18-14)19-15-8-7-11(2)10-12(15)3/h5-10,13,16H,4,17H2,1-3H3. The fourth-order valence-corrected chi connectivity index (χ4v) is 3.37. The van der Waals surface area contributed by atoms with E-state index < -0.39 is 0 Å². The predicted molar refractivity (Wildman–Crippen MR) is 81.5 cm³/mol. The monoisotopic (exact) mass is 275 g/mol. The molecular formula is C16H21NOS. The minimum absolute atomic E-state index is 0.0943. The smallest absolute Gasteiger partial charge is 0.118 e. The highest BCUT2D eigenvalue weighted by Gasteiger charge is 2.23. The van der Waals surface area contributed by atoms with Gasteiger partial charge in [-0.15, -0.1) is 11.8 Å². The number of hydrogen-bond donors (Lipinski definition) is 1. The van der Waals surface area contributed by atoms with Gasteiger partial charge in [0.25, 0.3) is 0 Å². The molecule has 2 atom stereocenters. The van der Waals surface area contributed by atoms with Gasteiger partial charge >= 0.3 is 0 Å². The first-order valence-electron chi connectivity index (χ1n) is 6.64. The molecule has 2 rings (SSSR count). The molecule has 2 unspecified atom stereocenters. The zero-order valence-electron chi connectivity index (χ0n) is 11.7. The van der Waals surface area contributed by atoms with Gasteiger partial charge in [-0.2, -0.15) is 0 Å². The largest absolute Gasteiger partial charge is 0.468 e. The van der Waals surface area contributed by atoms with E-state index in [9.17, 15) is 0 Å². The fourth-order valence-electron chi connectivity index (χ4n) is 2.09. The first-order chi connectivity index (χ1) is 9.11. The molecule has 19 heavy (non-hydrogen) atoms. The third-order valence-corrected chi connectivity index (χ3v) is 4.82. The van der Waals surface area contributed by atoms with Crippen LogP contribution in [-0.4, -0.2) is 6.04 Å². The van der Waals surface area contributed by atoms with Gasteiger partial charge in [0, 0.05) is 10.9 Å². The van der Waals surface area contributed by atoms with Gasteiger partial charge < -0.3 is 10.2 Å². The van der Waals surface area contributed by atoms with Crippen LogP contribution >= 0.6 is 11.8 Å². The molecule has 1 heterocycles. The summed E-state index contributed by atoms with van der Waals surface area (Å²) in [6.07, 6.45) is 2.65. The molecule has 0 radical (unpaired) electrons. The van der Waals surface area contributed by atoms with Crippen molar-refractivity contribution in [2.75, 3.05) is 0 Å². The van der Waals surface area contributed by atoms with Crippen LogP contribution in [0.2, 0.25) is 0 Å². The Bertz CT molecular complexity index is 522. The van der Waals surface area contributed by atoms with Crippen LogP contribution in [0.25, 0.3) is 0 Å². The number of rotatable bonds is 5. The molecule has 0 aliphatic carbocycles. The lowest BCUT2D eigenvalue weighted by Gasteiger charge is -2.21. The quantitative estimate of drug-likeness (QED) is 0.818. The molecule has 3 heteroatoms. The van der Waals surface area contributed by atoms with Crippen LogP contribution in [-0.2, 0) is 0 Å². The summed E-state index contributed by atoms with van der Waals surface area (Å²) in [7, 11) is 0. The summed E-state index contributed by atoms with van der Waals surface area (Å²) in [6.45, 7) is 6.37. The number of furan rings is 1. The molecule has 2 nitrogen and oxygen atoms in total. The number of benzene rings is 1. The van der Waals surface area contributed by atoms with E-state index in [0.29, 0.717) is 0 Å². The lowest BCUT2D eigenvalue weighted by molar-refractivity contribution is 0.474. The Kier molecular flexibility index (Phi) is 4.72. The van der Waals surface area contributed by atoms with Crippen molar-refractivity contribution >= 4 is 11.8 Å². The summed E-state index contributed by atoms with van der Waals surface area (Å²) >= 11 is 1.80. The minimum atomic E-state index is 0.0943. The van der Waals surface area contributed by atoms with Gasteiger partial charge in [-0.1, -0.05) is 24.6 Å². The summed E-state index contributed by atoms with van der Waals surface area (Å²) in [5.41, 5.74) is 8.84. The molecule has 0 fully saturated rings. The maximum atomic E-state index is 6.26. The molecule has 1 aromatic heterocycles. The van der Waals surface area contributed by atoms with Crippen LogP contribution in [0.4, 0.5) is 0 Å². The Morgan fingerprint density at radius 3 is 2.63 bits per heavy atom. The molecule has 2 N–H and O–H groups in total. The Balaban J connectivity index is 2.25. The van der Waals surface area contributed by atoms with Crippen molar-refractivity contribution in [3.8, 4) is 0 Å². The number of hydrogen-bond acceptors (Lipinski definition) is 3. The van der Waals surface area contributed by atoms with Crippen molar-refractivity contribution in [3.05, 3.63) is 53.5 Å². The van der Waals surface area contributed by atoms with Crippen LogP contribution in [0.3, 0.4) is 0 Å². The summed E-state index contributed by atoms with van der Waals surface area (Å²) < 4.78 is 5.55. The molecule has 0 aliphatic rings. The molecule has 0 aliphatic heterocycles. The Morgan fingerprint density at radius 2 is 2.05 bits per heavy atom. The molecular weight excluding hydrogens is 254 g/mol. The zero-order valence-corrected chi connectivity index (χ0v) is 12.5. The van der Waals surface area contributed by atoms with Gasteiger partial charge in [0.15, 0.2) is 0 Å². The molecule has 0 amide bonds. The summed E-state index contributed by atoms with van der Waals surface area (Å²) in [4.78, 5) is 1.27. The van der Waals surface area contributed by atoms with E-state index in [1.165, 1.54) is 16.0 Å². The fraction of sp³-hybridized carbons (Fsp3) is 0.375. The van der Waals surface area contributed by atoms with Crippen molar-refractivity contribution in [2.24, 2.45) is 5.73 Å². The molecule has 0 saturated heterocycles. The first-order valence-corrected chi connectivity index (χ1v) is 7.52. The van der Waals surface area contributed by atoms with E-state index in [1.807, 2.05) is 12.1 Å². The van der Waals surface area contributed by atoms with Crippen LogP contribution in [0, 0.1) is 13.8 Å². The third-order valence-electron chi connectivity index (χ3n) is 3.27. The lowest BCUT2D eigenvalue weighted by Crippen LogP contribution is -2.25. The van der Waals surface area contributed by atoms with Gasteiger partial charge in [-0.25, -0.2) is 0 Å². The number of aryl methyl sites for hydroxylation is 2. The first kappa shape index (κ1) is 14.2. The SMILES string of the molecule is CCC(N)C(Sc1ccc(C)cc1C)c1ccco1. The van der Waals surface area contributed by atoms with Crippen LogP contribution in [0.1, 0.15) is 35.5 Å². The van der Waals surface area contributed by atoms with Gasteiger partial charge in [-0.3, -0.25) is 0 Å². The van der Waals surface area contributed by atoms with Crippen molar-refractivity contribution < 1.29 is 4.42 Å². The topological polar surface area (TPSA) is 39.2 Å². The lowest BCUT2D eigenvalue weighted by atomic mass is 10.1. The highest BCUT2D eigenvalue weighted by atomic mass is 32.2. The molecule has 1 aromatic carbocycles.